The molecule has 1 aromatic carbocycles. The molecule has 33 heavy (non-hydrogen) atoms. The Balaban J connectivity index is 0.00000187. The number of pyridine rings is 1. The van der Waals surface area contributed by atoms with Crippen molar-refractivity contribution in [2.45, 2.75) is 59.3 Å². The SMILES string of the molecule is CC.CCCS(=O)(=O)N1CCC(CNC(=O)c2ccc(C)cc2Cl)(c2ncccc2C)CC1. The third-order valence-electron chi connectivity index (χ3n) is 6.00. The molecule has 0 aliphatic carbocycles. The van der Waals surface area contributed by atoms with Crippen molar-refractivity contribution in [3.63, 3.8) is 0 Å². The number of halogens is 1. The second-order valence-electron chi connectivity index (χ2n) is 8.33. The van der Waals surface area contributed by atoms with Crippen molar-refractivity contribution in [2.75, 3.05) is 25.4 Å². The number of hydrogen-bond donors (Lipinski definition) is 1. The Labute approximate surface area is 203 Å². The number of benzene rings is 1. The molecule has 0 bridgehead atoms. The van der Waals surface area contributed by atoms with Gasteiger partial charge in [-0.25, -0.2) is 12.7 Å². The Morgan fingerprint density at radius 1 is 1.18 bits per heavy atom. The first-order chi connectivity index (χ1) is 15.7. The molecule has 2 aromatic rings. The molecule has 1 aliphatic heterocycles. The van der Waals surface area contributed by atoms with E-state index in [1.807, 2.05) is 52.8 Å². The molecule has 1 saturated heterocycles. The molecule has 2 heterocycles. The van der Waals surface area contributed by atoms with Crippen LogP contribution >= 0.6 is 11.6 Å². The average Bonchev–Trinajstić information content (AvgIpc) is 2.79. The molecule has 0 radical (unpaired) electrons. The molecule has 182 valence electrons. The second-order valence-corrected chi connectivity index (χ2v) is 10.8. The Morgan fingerprint density at radius 3 is 2.42 bits per heavy atom. The molecule has 0 saturated carbocycles. The van der Waals surface area contributed by atoms with Gasteiger partial charge >= 0.3 is 0 Å². The van der Waals surface area contributed by atoms with E-state index in [2.05, 4.69) is 10.3 Å². The van der Waals surface area contributed by atoms with Gasteiger partial charge in [0.1, 0.15) is 0 Å². The third-order valence-corrected chi connectivity index (χ3v) is 8.39. The van der Waals surface area contributed by atoms with E-state index in [1.165, 1.54) is 0 Å². The number of aryl methyl sites for hydroxylation is 2. The molecule has 0 atom stereocenters. The lowest BCUT2D eigenvalue weighted by Gasteiger charge is -2.41. The summed E-state index contributed by atoms with van der Waals surface area (Å²) in [6.45, 7) is 11.0. The van der Waals surface area contributed by atoms with Gasteiger partial charge in [0.05, 0.1) is 22.0 Å². The standard InChI is InChI=1S/C23H30ClN3O3S.C2H6/c1-4-14-31(29,30)27-12-9-23(10-13-27,21-18(3)6-5-11-25-21)16-26-22(28)19-8-7-17(2)15-20(19)24;1-2/h5-8,11,15H,4,9-10,12-14,16H2,1-3H3,(H,26,28);1-2H3. The molecule has 0 spiro atoms. The van der Waals surface area contributed by atoms with Crippen molar-refractivity contribution in [3.8, 4) is 0 Å². The van der Waals surface area contributed by atoms with E-state index in [0.29, 0.717) is 49.5 Å². The number of nitrogens with zero attached hydrogens (tertiary/aromatic N) is 2. The van der Waals surface area contributed by atoms with Gasteiger partial charge in [-0.1, -0.05) is 44.5 Å². The summed E-state index contributed by atoms with van der Waals surface area (Å²) in [4.78, 5) is 17.5. The highest BCUT2D eigenvalue weighted by atomic mass is 35.5. The van der Waals surface area contributed by atoms with Crippen LogP contribution in [0, 0.1) is 13.8 Å². The summed E-state index contributed by atoms with van der Waals surface area (Å²) in [6.07, 6.45) is 3.53. The predicted molar refractivity (Wildman–Crippen MR) is 135 cm³/mol. The summed E-state index contributed by atoms with van der Waals surface area (Å²) >= 11 is 6.28. The van der Waals surface area contributed by atoms with Gasteiger partial charge in [-0.2, -0.15) is 0 Å². The maximum atomic E-state index is 12.9. The quantitative estimate of drug-likeness (QED) is 0.596. The maximum Gasteiger partial charge on any atom is 0.252 e. The predicted octanol–water partition coefficient (Wildman–Crippen LogP) is 4.88. The van der Waals surface area contributed by atoms with Gasteiger partial charge in [0.15, 0.2) is 0 Å². The van der Waals surface area contributed by atoms with Gasteiger partial charge < -0.3 is 5.32 Å². The molecule has 1 aliphatic rings. The van der Waals surface area contributed by atoms with Crippen LogP contribution in [0.25, 0.3) is 0 Å². The third kappa shape index (κ3) is 6.55. The molecule has 8 heteroatoms. The fraction of sp³-hybridized carbons (Fsp3) is 0.520. The van der Waals surface area contributed by atoms with E-state index >= 15 is 0 Å². The molecule has 1 fully saturated rings. The summed E-state index contributed by atoms with van der Waals surface area (Å²) in [7, 11) is -3.25. The lowest BCUT2D eigenvalue weighted by Crippen LogP contribution is -2.51. The first-order valence-electron chi connectivity index (χ1n) is 11.6. The van der Waals surface area contributed by atoms with Crippen molar-refractivity contribution in [3.05, 3.63) is 63.9 Å². The topological polar surface area (TPSA) is 79.4 Å². The number of nitrogens with one attached hydrogen (secondary N) is 1. The molecule has 1 amide bonds. The van der Waals surface area contributed by atoms with Crippen LogP contribution in [0.4, 0.5) is 0 Å². The number of amides is 1. The largest absolute Gasteiger partial charge is 0.351 e. The summed E-state index contributed by atoms with van der Waals surface area (Å²) < 4.78 is 26.7. The fourth-order valence-electron chi connectivity index (χ4n) is 4.27. The van der Waals surface area contributed by atoms with Gasteiger partial charge in [-0.05, 0) is 62.4 Å². The van der Waals surface area contributed by atoms with E-state index in [9.17, 15) is 13.2 Å². The summed E-state index contributed by atoms with van der Waals surface area (Å²) in [5, 5.41) is 3.46. The molecule has 1 aromatic heterocycles. The number of carbonyl (C=O) groups excluding carboxylic acids is 1. The van der Waals surface area contributed by atoms with E-state index in [0.717, 1.165) is 16.8 Å². The molecule has 3 rings (SSSR count). The van der Waals surface area contributed by atoms with Crippen molar-refractivity contribution in [2.24, 2.45) is 0 Å². The van der Waals surface area contributed by atoms with E-state index in [1.54, 1.807) is 22.6 Å². The van der Waals surface area contributed by atoms with Crippen LogP contribution in [-0.4, -0.2) is 49.0 Å². The fourth-order valence-corrected chi connectivity index (χ4v) is 6.10. The maximum absolute atomic E-state index is 12.9. The normalized spacial score (nSPS) is 15.9. The number of sulfonamides is 1. The minimum Gasteiger partial charge on any atom is -0.351 e. The van der Waals surface area contributed by atoms with E-state index in [-0.39, 0.29) is 11.7 Å². The average molecular weight is 494 g/mol. The lowest BCUT2D eigenvalue weighted by molar-refractivity contribution is 0.0932. The molecule has 0 unspecified atom stereocenters. The van der Waals surface area contributed by atoms with Gasteiger partial charge in [-0.3, -0.25) is 9.78 Å². The minimum atomic E-state index is -3.25. The van der Waals surface area contributed by atoms with Gasteiger partial charge in [0.25, 0.3) is 5.91 Å². The number of aromatic nitrogens is 1. The zero-order chi connectivity index (χ0) is 24.6. The van der Waals surface area contributed by atoms with Crippen molar-refractivity contribution in [1.29, 1.82) is 0 Å². The van der Waals surface area contributed by atoms with Crippen LogP contribution in [0.1, 0.15) is 67.2 Å². The van der Waals surface area contributed by atoms with Crippen LogP contribution in [0.15, 0.2) is 36.5 Å². The molecule has 1 N–H and O–H groups in total. The van der Waals surface area contributed by atoms with Crippen LogP contribution < -0.4 is 5.32 Å². The van der Waals surface area contributed by atoms with Crippen molar-refractivity contribution < 1.29 is 13.2 Å². The first kappa shape index (κ1) is 27.3. The van der Waals surface area contributed by atoms with Crippen molar-refractivity contribution in [1.82, 2.24) is 14.6 Å². The molecular weight excluding hydrogens is 458 g/mol. The zero-order valence-electron chi connectivity index (χ0n) is 20.3. The number of piperidine rings is 1. The smallest absolute Gasteiger partial charge is 0.252 e. The highest BCUT2D eigenvalue weighted by molar-refractivity contribution is 7.89. The molecule has 6 nitrogen and oxygen atoms in total. The summed E-state index contributed by atoms with van der Waals surface area (Å²) in [6, 6.07) is 9.25. The molecular formula is C25H36ClN3O3S. The monoisotopic (exact) mass is 493 g/mol. The van der Waals surface area contributed by atoms with Gasteiger partial charge in [0.2, 0.25) is 10.0 Å². The lowest BCUT2D eigenvalue weighted by atomic mass is 9.74. The minimum absolute atomic E-state index is 0.158. The van der Waals surface area contributed by atoms with Crippen molar-refractivity contribution >= 4 is 27.5 Å². The van der Waals surface area contributed by atoms with Crippen LogP contribution in [0.5, 0.6) is 0 Å². The summed E-state index contributed by atoms with van der Waals surface area (Å²) in [5.74, 6) is -0.0790. The highest BCUT2D eigenvalue weighted by Gasteiger charge is 2.41. The Bertz CT molecular complexity index is 1050. The van der Waals surface area contributed by atoms with Crippen LogP contribution in [0.2, 0.25) is 5.02 Å². The second kappa shape index (κ2) is 12.0. The Morgan fingerprint density at radius 2 is 1.85 bits per heavy atom. The van der Waals surface area contributed by atoms with Gasteiger partial charge in [-0.15, -0.1) is 0 Å². The Kier molecular flexibility index (Phi) is 9.88. The summed E-state index contributed by atoms with van der Waals surface area (Å²) in [5.41, 5.74) is 2.94. The van der Waals surface area contributed by atoms with Gasteiger partial charge in [0, 0.05) is 31.2 Å². The van der Waals surface area contributed by atoms with E-state index in [4.69, 9.17) is 11.6 Å². The number of carbonyl (C=O) groups is 1. The first-order valence-corrected chi connectivity index (χ1v) is 13.6. The number of hydrogen-bond acceptors (Lipinski definition) is 4. The van der Waals surface area contributed by atoms with Crippen LogP contribution in [0.3, 0.4) is 0 Å². The van der Waals surface area contributed by atoms with E-state index < -0.39 is 15.4 Å². The number of rotatable bonds is 7. The van der Waals surface area contributed by atoms with Crippen LogP contribution in [-0.2, 0) is 15.4 Å². The highest BCUT2D eigenvalue weighted by Crippen LogP contribution is 2.36. The Hall–Kier alpha value is -1.96. The zero-order valence-corrected chi connectivity index (χ0v) is 21.9.